The third kappa shape index (κ3) is 14.2. The van der Waals surface area contributed by atoms with Crippen molar-refractivity contribution in [2.75, 3.05) is 20.6 Å². The van der Waals surface area contributed by atoms with Gasteiger partial charge in [0.1, 0.15) is 6.23 Å². The van der Waals surface area contributed by atoms with Gasteiger partial charge in [-0.05, 0) is 20.5 Å². The molecule has 0 spiro atoms. The normalized spacial score (nSPS) is 11.8. The van der Waals surface area contributed by atoms with Crippen molar-refractivity contribution in [3.8, 4) is 0 Å². The molecule has 0 saturated carbocycles. The summed E-state index contributed by atoms with van der Waals surface area (Å²) < 4.78 is 0. The molecule has 1 atom stereocenters. The average molecular weight is 192 g/mol. The van der Waals surface area contributed by atoms with Crippen LogP contribution in [0.1, 0.15) is 19.8 Å². The minimum atomic E-state index is -0.836. The van der Waals surface area contributed by atoms with Gasteiger partial charge >= 0.3 is 5.97 Å². The van der Waals surface area contributed by atoms with Crippen molar-refractivity contribution in [1.82, 2.24) is 4.90 Å². The fraction of sp³-hybridized carbons (Fsp3) is 0.875. The number of aliphatic hydroxyl groups is 1. The molecule has 0 bridgehead atoms. The summed E-state index contributed by atoms with van der Waals surface area (Å²) in [5.74, 6) is -0.836. The molecule has 0 heterocycles. The summed E-state index contributed by atoms with van der Waals surface area (Å²) in [5, 5.41) is 16.7. The molecule has 4 N–H and O–H groups in total. The first kappa shape index (κ1) is 14.9. The van der Waals surface area contributed by atoms with E-state index in [4.69, 9.17) is 15.9 Å². The van der Waals surface area contributed by atoms with E-state index in [0.717, 1.165) is 6.42 Å². The molecular formula is C8H20N2O3. The monoisotopic (exact) mass is 192 g/mol. The number of aliphatic carboxylic acids is 1. The predicted octanol–water partition coefficient (Wildman–Crippen LogP) is -0.304. The molecule has 0 fully saturated rings. The van der Waals surface area contributed by atoms with Gasteiger partial charge in [0.15, 0.2) is 0 Å². The van der Waals surface area contributed by atoms with Crippen LogP contribution in [-0.2, 0) is 4.79 Å². The summed E-state index contributed by atoms with van der Waals surface area (Å²) in [6, 6.07) is 0. The molecule has 5 nitrogen and oxygen atoms in total. The highest BCUT2D eigenvalue weighted by Crippen LogP contribution is 1.90. The Kier molecular flexibility index (Phi) is 10.8. The second-order valence-electron chi connectivity index (χ2n) is 2.78. The van der Waals surface area contributed by atoms with Crippen LogP contribution in [0.25, 0.3) is 0 Å². The number of carboxylic acid groups (broad SMARTS) is 1. The van der Waals surface area contributed by atoms with Crippen molar-refractivity contribution in [2.24, 2.45) is 5.73 Å². The lowest BCUT2D eigenvalue weighted by atomic mass is 10.4. The van der Waals surface area contributed by atoms with E-state index in [2.05, 4.69) is 0 Å². The molecule has 0 saturated heterocycles. The van der Waals surface area contributed by atoms with E-state index in [0.29, 0.717) is 0 Å². The van der Waals surface area contributed by atoms with Gasteiger partial charge in [-0.3, -0.25) is 9.69 Å². The number of carboxylic acids is 1. The number of nitrogens with zero attached hydrogens (tertiary/aromatic N) is 1. The van der Waals surface area contributed by atoms with Crippen LogP contribution < -0.4 is 5.73 Å². The number of hydrogen-bond acceptors (Lipinski definition) is 4. The quantitative estimate of drug-likeness (QED) is 0.532. The third-order valence-corrected chi connectivity index (χ3v) is 1.32. The third-order valence-electron chi connectivity index (χ3n) is 1.32. The van der Waals surface area contributed by atoms with Crippen molar-refractivity contribution in [2.45, 2.75) is 26.0 Å². The maximum atomic E-state index is 9.52. The van der Waals surface area contributed by atoms with Crippen molar-refractivity contribution >= 4 is 5.97 Å². The first-order chi connectivity index (χ1) is 5.95. The first-order valence-corrected chi connectivity index (χ1v) is 4.22. The zero-order valence-electron chi connectivity index (χ0n) is 8.53. The van der Waals surface area contributed by atoms with Crippen LogP contribution in [0.5, 0.6) is 0 Å². The maximum Gasteiger partial charge on any atom is 0.304 e. The van der Waals surface area contributed by atoms with Gasteiger partial charge in [0.2, 0.25) is 0 Å². The van der Waals surface area contributed by atoms with Crippen LogP contribution in [0.2, 0.25) is 0 Å². The summed E-state index contributed by atoms with van der Waals surface area (Å²) in [4.78, 5) is 11.3. The second-order valence-corrected chi connectivity index (χ2v) is 2.78. The summed E-state index contributed by atoms with van der Waals surface area (Å²) in [6.07, 6.45) is 0.604. The lowest BCUT2D eigenvalue weighted by Crippen LogP contribution is -2.26. The van der Waals surface area contributed by atoms with Gasteiger partial charge in [-0.2, -0.15) is 0 Å². The van der Waals surface area contributed by atoms with Crippen LogP contribution in [-0.4, -0.2) is 48.0 Å². The molecule has 0 aliphatic carbocycles. The van der Waals surface area contributed by atoms with Crippen molar-refractivity contribution in [3.63, 3.8) is 0 Å². The van der Waals surface area contributed by atoms with Gasteiger partial charge in [0, 0.05) is 6.54 Å². The van der Waals surface area contributed by atoms with E-state index in [-0.39, 0.29) is 19.2 Å². The fourth-order valence-corrected chi connectivity index (χ4v) is 0.489. The topological polar surface area (TPSA) is 86.8 Å². The van der Waals surface area contributed by atoms with Gasteiger partial charge in [0.25, 0.3) is 0 Å². The Hall–Kier alpha value is -0.650. The van der Waals surface area contributed by atoms with Crippen molar-refractivity contribution in [1.29, 1.82) is 0 Å². The average Bonchev–Trinajstić information content (AvgIpc) is 2.03. The highest BCUT2D eigenvalue weighted by Gasteiger charge is 1.99. The van der Waals surface area contributed by atoms with E-state index in [9.17, 15) is 4.79 Å². The SMILES string of the molecule is CCC(O)N(C)C.NCCC(=O)O. The molecule has 5 heteroatoms. The Morgan fingerprint density at radius 2 is 2.00 bits per heavy atom. The molecule has 0 rings (SSSR count). The Labute approximate surface area is 79.1 Å². The minimum Gasteiger partial charge on any atom is -0.481 e. The van der Waals surface area contributed by atoms with Crippen LogP contribution in [0.3, 0.4) is 0 Å². The van der Waals surface area contributed by atoms with Crippen molar-refractivity contribution in [3.05, 3.63) is 0 Å². The van der Waals surface area contributed by atoms with Crippen LogP contribution >= 0.6 is 0 Å². The minimum absolute atomic E-state index is 0.0694. The Morgan fingerprint density at radius 1 is 1.54 bits per heavy atom. The standard InChI is InChI=1S/C5H13NO.C3H7NO2/c1-4-5(7)6(2)3;4-2-1-3(5)6/h5,7H,4H2,1-3H3;1-2,4H2,(H,5,6). The molecule has 0 aromatic rings. The molecule has 0 radical (unpaired) electrons. The number of aliphatic hydroxyl groups excluding tert-OH is 1. The summed E-state index contributed by atoms with van der Waals surface area (Å²) in [5.41, 5.74) is 4.85. The zero-order chi connectivity index (χ0) is 10.9. The maximum absolute atomic E-state index is 9.52. The van der Waals surface area contributed by atoms with Gasteiger partial charge in [0.05, 0.1) is 6.42 Å². The lowest BCUT2D eigenvalue weighted by molar-refractivity contribution is -0.136. The second kappa shape index (κ2) is 9.44. The largest absolute Gasteiger partial charge is 0.481 e. The summed E-state index contributed by atoms with van der Waals surface area (Å²) in [7, 11) is 3.71. The Balaban J connectivity index is 0. The van der Waals surface area contributed by atoms with Gasteiger partial charge in [-0.25, -0.2) is 0 Å². The number of hydrogen-bond donors (Lipinski definition) is 3. The van der Waals surface area contributed by atoms with Crippen LogP contribution in [0, 0.1) is 0 Å². The van der Waals surface area contributed by atoms with Crippen molar-refractivity contribution < 1.29 is 15.0 Å². The lowest BCUT2D eigenvalue weighted by Gasteiger charge is -2.15. The fourth-order valence-electron chi connectivity index (χ4n) is 0.489. The molecular weight excluding hydrogens is 172 g/mol. The molecule has 0 aliphatic rings. The van der Waals surface area contributed by atoms with E-state index in [1.165, 1.54) is 0 Å². The molecule has 0 amide bonds. The highest BCUT2D eigenvalue weighted by atomic mass is 16.4. The van der Waals surface area contributed by atoms with Gasteiger partial charge < -0.3 is 15.9 Å². The van der Waals surface area contributed by atoms with E-state index in [1.54, 1.807) is 4.90 Å². The number of rotatable bonds is 4. The van der Waals surface area contributed by atoms with E-state index in [1.807, 2.05) is 21.0 Å². The number of carbonyl (C=O) groups is 1. The molecule has 1 unspecified atom stereocenters. The Morgan fingerprint density at radius 3 is 2.00 bits per heavy atom. The highest BCUT2D eigenvalue weighted by molar-refractivity contribution is 5.66. The smallest absolute Gasteiger partial charge is 0.304 e. The zero-order valence-corrected chi connectivity index (χ0v) is 8.53. The first-order valence-electron chi connectivity index (χ1n) is 4.22. The van der Waals surface area contributed by atoms with Gasteiger partial charge in [-0.15, -0.1) is 0 Å². The molecule has 80 valence electrons. The Bertz CT molecular complexity index is 129. The predicted molar refractivity (Wildman–Crippen MR) is 51.3 cm³/mol. The van der Waals surface area contributed by atoms with E-state index < -0.39 is 5.97 Å². The molecule has 0 aliphatic heterocycles. The summed E-state index contributed by atoms with van der Waals surface area (Å²) in [6.45, 7) is 2.18. The van der Waals surface area contributed by atoms with E-state index >= 15 is 0 Å². The number of nitrogens with two attached hydrogens (primary N) is 1. The molecule has 0 aromatic heterocycles. The van der Waals surface area contributed by atoms with Crippen LogP contribution in [0.4, 0.5) is 0 Å². The molecule has 0 aromatic carbocycles. The molecule has 13 heavy (non-hydrogen) atoms. The summed E-state index contributed by atoms with van der Waals surface area (Å²) >= 11 is 0. The van der Waals surface area contributed by atoms with Crippen LogP contribution in [0.15, 0.2) is 0 Å². The van der Waals surface area contributed by atoms with Gasteiger partial charge in [-0.1, -0.05) is 6.92 Å².